The molecule has 1 aromatic heterocycles. The average molecular weight is 439 g/mol. The third kappa shape index (κ3) is 3.77. The van der Waals surface area contributed by atoms with Crippen molar-refractivity contribution in [3.05, 3.63) is 91.6 Å². The number of benzene rings is 2. The third-order valence-corrected chi connectivity index (χ3v) is 5.36. The number of hydrogen-bond donors (Lipinski definition) is 2. The maximum atomic E-state index is 12.6. The third-order valence-electron chi connectivity index (χ3n) is 5.11. The molecule has 1 aliphatic heterocycles. The Balaban J connectivity index is 1.85. The van der Waals surface area contributed by atoms with Crippen LogP contribution in [0.2, 0.25) is 5.02 Å². The van der Waals surface area contributed by atoms with E-state index in [2.05, 4.69) is 10.1 Å². The second-order valence-corrected chi connectivity index (χ2v) is 7.48. The molecule has 0 bridgehead atoms. The number of nitrogens with one attached hydrogen (secondary N) is 1. The monoisotopic (exact) mass is 438 g/mol. The Labute approximate surface area is 182 Å². The molecule has 4 rings (SSSR count). The van der Waals surface area contributed by atoms with Gasteiger partial charge < -0.3 is 5.11 Å². The van der Waals surface area contributed by atoms with E-state index in [0.717, 1.165) is 10.1 Å². The van der Waals surface area contributed by atoms with Gasteiger partial charge in [0, 0.05) is 17.9 Å². The molecule has 3 aromatic rings. The molecule has 1 unspecified atom stereocenters. The number of carbonyl (C=O) groups excluding carboxylic acids is 1. The topological polar surface area (TPSA) is 108 Å². The molecule has 0 fully saturated rings. The molecule has 2 N–H and O–H groups in total. The molecule has 0 saturated carbocycles. The number of aromatic amines is 1. The van der Waals surface area contributed by atoms with E-state index >= 15 is 0 Å². The molecule has 2 heterocycles. The van der Waals surface area contributed by atoms with Crippen LogP contribution in [0.5, 0.6) is 5.88 Å². The van der Waals surface area contributed by atoms with Gasteiger partial charge in [-0.3, -0.25) is 14.6 Å². The standard InChI is InChI=1S/C22H19ClN4O4/c1-2-18(28)27-17(13-6-4-3-5-7-13)12-16(25-27)19-20(29)24-22(31)26(21(19)30)15-10-8-14(23)9-11-15/h3-11,17,30H,2,12H2,1H3,(H,24,29,31). The van der Waals surface area contributed by atoms with E-state index in [1.165, 1.54) is 5.01 Å². The Kier molecular flexibility index (Phi) is 5.48. The van der Waals surface area contributed by atoms with Gasteiger partial charge in [-0.1, -0.05) is 48.9 Å². The first kappa shape index (κ1) is 20.6. The maximum Gasteiger partial charge on any atom is 0.335 e. The number of amides is 1. The van der Waals surface area contributed by atoms with Crippen LogP contribution >= 0.6 is 11.6 Å². The number of halogens is 1. The summed E-state index contributed by atoms with van der Waals surface area (Å²) in [5.41, 5.74) is -0.328. The van der Waals surface area contributed by atoms with Gasteiger partial charge in [0.25, 0.3) is 5.56 Å². The average Bonchev–Trinajstić information content (AvgIpc) is 3.19. The number of aromatic nitrogens is 2. The summed E-state index contributed by atoms with van der Waals surface area (Å²) >= 11 is 5.91. The van der Waals surface area contributed by atoms with E-state index in [0.29, 0.717) is 10.7 Å². The minimum Gasteiger partial charge on any atom is -0.493 e. The van der Waals surface area contributed by atoms with Crippen LogP contribution in [0.15, 0.2) is 69.3 Å². The number of hydrazone groups is 1. The van der Waals surface area contributed by atoms with E-state index in [-0.39, 0.29) is 30.0 Å². The molecule has 2 aromatic carbocycles. The summed E-state index contributed by atoms with van der Waals surface area (Å²) in [6.45, 7) is 1.73. The van der Waals surface area contributed by atoms with Crippen LogP contribution in [-0.4, -0.2) is 31.3 Å². The molecule has 8 nitrogen and oxygen atoms in total. The fourth-order valence-corrected chi connectivity index (χ4v) is 3.73. The van der Waals surface area contributed by atoms with Gasteiger partial charge in [0.15, 0.2) is 0 Å². The number of aromatic hydroxyl groups is 1. The highest BCUT2D eigenvalue weighted by Gasteiger charge is 2.35. The summed E-state index contributed by atoms with van der Waals surface area (Å²) in [6, 6.07) is 15.1. The summed E-state index contributed by atoms with van der Waals surface area (Å²) in [5, 5.41) is 17.1. The zero-order chi connectivity index (χ0) is 22.1. The lowest BCUT2D eigenvalue weighted by molar-refractivity contribution is -0.132. The SMILES string of the molecule is CCC(=O)N1N=C(c2c(O)n(-c3ccc(Cl)cc3)c(=O)[nH]c2=O)CC1c1ccccc1. The van der Waals surface area contributed by atoms with E-state index in [9.17, 15) is 19.5 Å². The van der Waals surface area contributed by atoms with E-state index in [1.54, 1.807) is 31.2 Å². The first-order chi connectivity index (χ1) is 14.9. The zero-order valence-electron chi connectivity index (χ0n) is 16.6. The molecule has 0 radical (unpaired) electrons. The van der Waals surface area contributed by atoms with Crippen molar-refractivity contribution < 1.29 is 9.90 Å². The Morgan fingerprint density at radius 3 is 2.48 bits per heavy atom. The van der Waals surface area contributed by atoms with Crippen molar-refractivity contribution in [1.29, 1.82) is 0 Å². The Hall–Kier alpha value is -3.65. The maximum absolute atomic E-state index is 12.6. The highest BCUT2D eigenvalue weighted by Crippen LogP contribution is 2.34. The lowest BCUT2D eigenvalue weighted by Gasteiger charge is -2.21. The van der Waals surface area contributed by atoms with Gasteiger partial charge in [0.2, 0.25) is 11.8 Å². The quantitative estimate of drug-likeness (QED) is 0.652. The first-order valence-electron chi connectivity index (χ1n) is 9.69. The van der Waals surface area contributed by atoms with Gasteiger partial charge in [-0.25, -0.2) is 14.4 Å². The van der Waals surface area contributed by atoms with Crippen LogP contribution in [0.4, 0.5) is 0 Å². The number of hydrogen-bond acceptors (Lipinski definition) is 5. The largest absolute Gasteiger partial charge is 0.493 e. The molecule has 1 amide bonds. The van der Waals surface area contributed by atoms with Gasteiger partial charge in [-0.2, -0.15) is 5.10 Å². The van der Waals surface area contributed by atoms with Gasteiger partial charge in [-0.15, -0.1) is 0 Å². The van der Waals surface area contributed by atoms with Crippen LogP contribution in [0, 0.1) is 0 Å². The molecule has 1 atom stereocenters. The van der Waals surface area contributed by atoms with Crippen molar-refractivity contribution in [2.45, 2.75) is 25.8 Å². The molecule has 31 heavy (non-hydrogen) atoms. The molecule has 1 aliphatic rings. The molecule has 9 heteroatoms. The van der Waals surface area contributed by atoms with E-state index < -0.39 is 23.2 Å². The fraction of sp³-hybridized carbons (Fsp3) is 0.182. The minimum absolute atomic E-state index is 0.151. The highest BCUT2D eigenvalue weighted by molar-refractivity contribution is 6.30. The summed E-state index contributed by atoms with van der Waals surface area (Å²) in [7, 11) is 0. The van der Waals surface area contributed by atoms with Crippen LogP contribution in [0.25, 0.3) is 5.69 Å². The number of rotatable bonds is 4. The normalized spacial score (nSPS) is 15.7. The predicted molar refractivity (Wildman–Crippen MR) is 117 cm³/mol. The Morgan fingerprint density at radius 2 is 1.84 bits per heavy atom. The molecular weight excluding hydrogens is 420 g/mol. The van der Waals surface area contributed by atoms with Gasteiger partial charge in [0.05, 0.1) is 17.4 Å². The van der Waals surface area contributed by atoms with Gasteiger partial charge >= 0.3 is 5.69 Å². The smallest absolute Gasteiger partial charge is 0.335 e. The van der Waals surface area contributed by atoms with Crippen LogP contribution in [0.3, 0.4) is 0 Å². The first-order valence-corrected chi connectivity index (χ1v) is 10.1. The second kappa shape index (κ2) is 8.23. The molecular formula is C22H19ClN4O4. The minimum atomic E-state index is -0.798. The van der Waals surface area contributed by atoms with E-state index in [1.807, 2.05) is 30.3 Å². The molecule has 0 aliphatic carbocycles. The van der Waals surface area contributed by atoms with E-state index in [4.69, 9.17) is 11.6 Å². The van der Waals surface area contributed by atoms with Crippen molar-refractivity contribution in [2.75, 3.05) is 0 Å². The molecule has 0 saturated heterocycles. The second-order valence-electron chi connectivity index (χ2n) is 7.04. The van der Waals surface area contributed by atoms with Crippen LogP contribution < -0.4 is 11.2 Å². The highest BCUT2D eigenvalue weighted by atomic mass is 35.5. The lowest BCUT2D eigenvalue weighted by atomic mass is 9.99. The zero-order valence-corrected chi connectivity index (χ0v) is 17.3. The Morgan fingerprint density at radius 1 is 1.16 bits per heavy atom. The van der Waals surface area contributed by atoms with Crippen molar-refractivity contribution in [1.82, 2.24) is 14.6 Å². The lowest BCUT2D eigenvalue weighted by Crippen LogP contribution is -2.33. The fourth-order valence-electron chi connectivity index (χ4n) is 3.60. The van der Waals surface area contributed by atoms with Crippen molar-refractivity contribution in [3.63, 3.8) is 0 Å². The number of H-pyrrole nitrogens is 1. The number of carbonyl (C=O) groups is 1. The summed E-state index contributed by atoms with van der Waals surface area (Å²) in [5.74, 6) is -0.766. The van der Waals surface area contributed by atoms with Crippen molar-refractivity contribution >= 4 is 23.2 Å². The van der Waals surface area contributed by atoms with Crippen LogP contribution in [-0.2, 0) is 4.79 Å². The molecule has 158 valence electrons. The molecule has 0 spiro atoms. The van der Waals surface area contributed by atoms with Gasteiger partial charge in [0.1, 0.15) is 5.56 Å². The summed E-state index contributed by atoms with van der Waals surface area (Å²) in [6.07, 6.45) is 0.442. The van der Waals surface area contributed by atoms with Gasteiger partial charge in [-0.05, 0) is 29.8 Å². The van der Waals surface area contributed by atoms with Crippen molar-refractivity contribution in [2.24, 2.45) is 5.10 Å². The number of nitrogens with zero attached hydrogens (tertiary/aromatic N) is 3. The van der Waals surface area contributed by atoms with Crippen molar-refractivity contribution in [3.8, 4) is 11.6 Å². The van der Waals surface area contributed by atoms with Crippen LogP contribution in [0.1, 0.15) is 36.9 Å². The summed E-state index contributed by atoms with van der Waals surface area (Å²) in [4.78, 5) is 39.8. The summed E-state index contributed by atoms with van der Waals surface area (Å²) < 4.78 is 0.970. The Bertz CT molecular complexity index is 1280. The predicted octanol–water partition coefficient (Wildman–Crippen LogP) is 2.97.